The minimum Gasteiger partial charge on any atom is -0.489 e. The van der Waals surface area contributed by atoms with E-state index in [4.69, 9.17) is 9.84 Å². The Hall–Kier alpha value is -3.11. The van der Waals surface area contributed by atoms with Crippen molar-refractivity contribution in [2.45, 2.75) is 26.0 Å². The molecular weight excluding hydrogens is 370 g/mol. The van der Waals surface area contributed by atoms with Gasteiger partial charge in [0, 0.05) is 18.3 Å². The summed E-state index contributed by atoms with van der Waals surface area (Å²) in [6.07, 6.45) is 4.59. The van der Waals surface area contributed by atoms with Crippen LogP contribution in [0.25, 0.3) is 22.0 Å². The SMILES string of the molecule is c1ccc(COc2ccc3cc(-c4ccn(CC5CCNCC5)n4)ccc3c2)cc1. The van der Waals surface area contributed by atoms with Crippen LogP contribution >= 0.6 is 0 Å². The van der Waals surface area contributed by atoms with Gasteiger partial charge < -0.3 is 10.1 Å². The maximum atomic E-state index is 5.97. The Morgan fingerprint density at radius 1 is 0.900 bits per heavy atom. The van der Waals surface area contributed by atoms with Crippen molar-refractivity contribution in [3.05, 3.63) is 84.6 Å². The summed E-state index contributed by atoms with van der Waals surface area (Å²) in [6.45, 7) is 3.84. The molecule has 1 saturated heterocycles. The topological polar surface area (TPSA) is 39.1 Å². The van der Waals surface area contributed by atoms with E-state index in [-0.39, 0.29) is 0 Å². The first-order valence-electron chi connectivity index (χ1n) is 10.8. The van der Waals surface area contributed by atoms with Crippen molar-refractivity contribution in [1.29, 1.82) is 0 Å². The second-order valence-corrected chi connectivity index (χ2v) is 8.11. The van der Waals surface area contributed by atoms with Crippen LogP contribution < -0.4 is 10.1 Å². The fraction of sp³-hybridized carbons (Fsp3) is 0.269. The fourth-order valence-corrected chi connectivity index (χ4v) is 4.16. The molecule has 30 heavy (non-hydrogen) atoms. The molecule has 1 N–H and O–H groups in total. The minimum atomic E-state index is 0.582. The number of benzene rings is 3. The van der Waals surface area contributed by atoms with Gasteiger partial charge in [0.1, 0.15) is 12.4 Å². The fourth-order valence-electron chi connectivity index (χ4n) is 4.16. The number of hydrogen-bond acceptors (Lipinski definition) is 3. The summed E-state index contributed by atoms with van der Waals surface area (Å²) >= 11 is 0. The van der Waals surface area contributed by atoms with Crippen LogP contribution in [0.4, 0.5) is 0 Å². The van der Waals surface area contributed by atoms with Gasteiger partial charge >= 0.3 is 0 Å². The van der Waals surface area contributed by atoms with Crippen molar-refractivity contribution < 1.29 is 4.74 Å². The van der Waals surface area contributed by atoms with E-state index < -0.39 is 0 Å². The number of fused-ring (bicyclic) bond motifs is 1. The van der Waals surface area contributed by atoms with Gasteiger partial charge in [0.05, 0.1) is 5.69 Å². The van der Waals surface area contributed by atoms with Gasteiger partial charge in [-0.1, -0.05) is 48.5 Å². The van der Waals surface area contributed by atoms with E-state index in [1.54, 1.807) is 0 Å². The molecular formula is C26H27N3O. The van der Waals surface area contributed by atoms with Crippen molar-refractivity contribution >= 4 is 10.8 Å². The number of piperidine rings is 1. The van der Waals surface area contributed by atoms with Crippen molar-refractivity contribution in [3.63, 3.8) is 0 Å². The predicted molar refractivity (Wildman–Crippen MR) is 122 cm³/mol. The molecule has 4 heteroatoms. The molecule has 1 aromatic heterocycles. The van der Waals surface area contributed by atoms with Crippen LogP contribution in [-0.4, -0.2) is 22.9 Å². The predicted octanol–water partition coefficient (Wildman–Crippen LogP) is 5.28. The molecule has 152 valence electrons. The van der Waals surface area contributed by atoms with Gasteiger partial charge in [-0.25, -0.2) is 0 Å². The third-order valence-corrected chi connectivity index (χ3v) is 5.90. The highest BCUT2D eigenvalue weighted by Crippen LogP contribution is 2.27. The molecule has 0 atom stereocenters. The lowest BCUT2D eigenvalue weighted by molar-refractivity contribution is 0.306. The molecule has 0 aliphatic carbocycles. The highest BCUT2D eigenvalue weighted by molar-refractivity contribution is 5.87. The van der Waals surface area contributed by atoms with E-state index in [2.05, 4.69) is 64.7 Å². The lowest BCUT2D eigenvalue weighted by atomic mass is 9.98. The quantitative estimate of drug-likeness (QED) is 0.481. The summed E-state index contributed by atoms with van der Waals surface area (Å²) in [7, 11) is 0. The summed E-state index contributed by atoms with van der Waals surface area (Å²) in [5, 5.41) is 10.6. The zero-order valence-electron chi connectivity index (χ0n) is 17.1. The molecule has 0 spiro atoms. The van der Waals surface area contributed by atoms with Crippen molar-refractivity contribution in [3.8, 4) is 17.0 Å². The van der Waals surface area contributed by atoms with Gasteiger partial charge in [-0.3, -0.25) is 4.68 Å². The maximum absolute atomic E-state index is 5.97. The maximum Gasteiger partial charge on any atom is 0.120 e. The number of nitrogens with one attached hydrogen (secondary N) is 1. The van der Waals surface area contributed by atoms with Crippen LogP contribution in [0, 0.1) is 5.92 Å². The van der Waals surface area contributed by atoms with Crippen LogP contribution in [0.1, 0.15) is 18.4 Å². The standard InChI is InChI=1S/C26H27N3O/c1-2-4-21(5-3-1)19-30-25-9-8-22-16-24(7-6-23(22)17-25)26-12-15-29(28-26)18-20-10-13-27-14-11-20/h1-9,12,15-17,20,27H,10-11,13-14,18-19H2. The lowest BCUT2D eigenvalue weighted by Gasteiger charge is -2.22. The van der Waals surface area contributed by atoms with Gasteiger partial charge in [0.2, 0.25) is 0 Å². The van der Waals surface area contributed by atoms with E-state index in [0.29, 0.717) is 6.61 Å². The molecule has 4 aromatic rings. The van der Waals surface area contributed by atoms with Crippen molar-refractivity contribution in [2.24, 2.45) is 5.92 Å². The van der Waals surface area contributed by atoms with Crippen LogP contribution in [0.3, 0.4) is 0 Å². The zero-order valence-corrected chi connectivity index (χ0v) is 17.1. The van der Waals surface area contributed by atoms with Gasteiger partial charge in [0.25, 0.3) is 0 Å². The molecule has 5 rings (SSSR count). The summed E-state index contributed by atoms with van der Waals surface area (Å²) in [6, 6.07) is 25.2. The average molecular weight is 398 g/mol. The van der Waals surface area contributed by atoms with Gasteiger partial charge in [-0.05, 0) is 72.5 Å². The smallest absolute Gasteiger partial charge is 0.120 e. The molecule has 1 aliphatic rings. The molecule has 0 radical (unpaired) electrons. The van der Waals surface area contributed by atoms with Crippen LogP contribution in [0.5, 0.6) is 5.75 Å². The molecule has 0 saturated carbocycles. The molecule has 1 aliphatic heterocycles. The molecule has 4 nitrogen and oxygen atoms in total. The van der Waals surface area contributed by atoms with Crippen LogP contribution in [0.2, 0.25) is 0 Å². The monoisotopic (exact) mass is 397 g/mol. The van der Waals surface area contributed by atoms with Gasteiger partial charge in [0.15, 0.2) is 0 Å². The van der Waals surface area contributed by atoms with E-state index in [1.165, 1.54) is 29.2 Å². The third kappa shape index (κ3) is 4.39. The van der Waals surface area contributed by atoms with E-state index in [1.807, 2.05) is 24.3 Å². The first-order valence-corrected chi connectivity index (χ1v) is 10.8. The number of ether oxygens (including phenoxy) is 1. The first kappa shape index (κ1) is 18.9. The molecule has 1 fully saturated rings. The van der Waals surface area contributed by atoms with Crippen molar-refractivity contribution in [1.82, 2.24) is 15.1 Å². The third-order valence-electron chi connectivity index (χ3n) is 5.90. The average Bonchev–Trinajstić information content (AvgIpc) is 3.27. The Morgan fingerprint density at radius 3 is 2.57 bits per heavy atom. The van der Waals surface area contributed by atoms with Gasteiger partial charge in [-0.2, -0.15) is 5.10 Å². The first-order chi connectivity index (χ1) is 14.8. The number of nitrogens with zero attached hydrogens (tertiary/aromatic N) is 2. The van der Waals surface area contributed by atoms with Gasteiger partial charge in [-0.15, -0.1) is 0 Å². The second kappa shape index (κ2) is 8.72. The van der Waals surface area contributed by atoms with E-state index >= 15 is 0 Å². The Morgan fingerprint density at radius 2 is 1.70 bits per heavy atom. The van der Waals surface area contributed by atoms with Crippen molar-refractivity contribution in [2.75, 3.05) is 13.1 Å². The number of aromatic nitrogens is 2. The summed E-state index contributed by atoms with van der Waals surface area (Å²) in [5.74, 6) is 1.62. The molecule has 0 bridgehead atoms. The highest BCUT2D eigenvalue weighted by atomic mass is 16.5. The summed E-state index contributed by atoms with van der Waals surface area (Å²) in [5.41, 5.74) is 3.37. The molecule has 0 unspecified atom stereocenters. The Bertz CT molecular complexity index is 1110. The largest absolute Gasteiger partial charge is 0.489 e. The number of hydrogen-bond donors (Lipinski definition) is 1. The Kier molecular flexibility index (Phi) is 5.49. The van der Waals surface area contributed by atoms with E-state index in [0.717, 1.165) is 42.6 Å². The Labute approximate surface area is 177 Å². The van der Waals surface area contributed by atoms with Crippen LogP contribution in [0.15, 0.2) is 79.0 Å². The second-order valence-electron chi connectivity index (χ2n) is 8.11. The summed E-state index contributed by atoms with van der Waals surface area (Å²) < 4.78 is 8.08. The molecule has 0 amide bonds. The normalized spacial score (nSPS) is 14.8. The molecule has 2 heterocycles. The summed E-state index contributed by atoms with van der Waals surface area (Å²) in [4.78, 5) is 0. The Balaban J connectivity index is 1.29. The molecule has 3 aromatic carbocycles. The minimum absolute atomic E-state index is 0.582. The number of rotatable bonds is 6. The highest BCUT2D eigenvalue weighted by Gasteiger charge is 2.14. The van der Waals surface area contributed by atoms with E-state index in [9.17, 15) is 0 Å². The van der Waals surface area contributed by atoms with Crippen LogP contribution in [-0.2, 0) is 13.2 Å². The lowest BCUT2D eigenvalue weighted by Crippen LogP contribution is -2.29. The zero-order chi connectivity index (χ0) is 20.2.